The Morgan fingerprint density at radius 1 is 1.30 bits per heavy atom. The number of alkyl halides is 3. The third-order valence-corrected chi connectivity index (χ3v) is 2.76. The molecule has 0 N–H and O–H groups in total. The van der Waals surface area contributed by atoms with E-state index in [9.17, 15) is 13.2 Å². The molecule has 106 valence electrons. The summed E-state index contributed by atoms with van der Waals surface area (Å²) in [5.74, 6) is 0.474. The number of hydrogen-bond donors (Lipinski definition) is 0. The number of halogens is 3. The van der Waals surface area contributed by atoms with Crippen molar-refractivity contribution in [1.82, 2.24) is 20.2 Å². The highest BCUT2D eigenvalue weighted by Gasteiger charge is 2.30. The number of rotatable bonds is 4. The molecule has 0 saturated carbocycles. The lowest BCUT2D eigenvalue weighted by Gasteiger charge is -2.12. The lowest BCUT2D eigenvalue weighted by molar-refractivity contribution is -0.137. The zero-order valence-electron chi connectivity index (χ0n) is 10.9. The van der Waals surface area contributed by atoms with Gasteiger partial charge in [0.2, 0.25) is 0 Å². The summed E-state index contributed by atoms with van der Waals surface area (Å²) in [4.78, 5) is 1.28. The molecular weight excluding hydrogens is 269 g/mol. The van der Waals surface area contributed by atoms with Gasteiger partial charge in [-0.1, -0.05) is 12.1 Å². The molecule has 0 bridgehead atoms. The summed E-state index contributed by atoms with van der Waals surface area (Å²) in [7, 11) is 0. The van der Waals surface area contributed by atoms with Gasteiger partial charge in [-0.3, -0.25) is 0 Å². The summed E-state index contributed by atoms with van der Waals surface area (Å²) in [6.45, 7) is 5.42. The van der Waals surface area contributed by atoms with Crippen molar-refractivity contribution in [2.24, 2.45) is 0 Å². The van der Waals surface area contributed by atoms with Crippen molar-refractivity contribution in [1.29, 1.82) is 0 Å². The average molecular weight is 282 g/mol. The first-order valence-electron chi connectivity index (χ1n) is 5.94. The maximum Gasteiger partial charge on any atom is 0.416 e. The summed E-state index contributed by atoms with van der Waals surface area (Å²) in [5, 5.41) is 11.5. The minimum Gasteiger partial charge on any atom is -0.166 e. The first kappa shape index (κ1) is 14.2. The summed E-state index contributed by atoms with van der Waals surface area (Å²) in [6.07, 6.45) is -2.24. The van der Waals surface area contributed by atoms with Gasteiger partial charge >= 0.3 is 6.18 Å². The minimum absolute atomic E-state index is 0.147. The molecule has 0 aliphatic carbocycles. The normalized spacial score (nSPS) is 11.6. The van der Waals surface area contributed by atoms with Crippen molar-refractivity contribution in [3.05, 3.63) is 53.4 Å². The summed E-state index contributed by atoms with van der Waals surface area (Å²) >= 11 is 0. The molecule has 1 heterocycles. The van der Waals surface area contributed by atoms with E-state index in [0.29, 0.717) is 17.8 Å². The van der Waals surface area contributed by atoms with Crippen molar-refractivity contribution in [2.75, 3.05) is 0 Å². The second kappa shape index (κ2) is 5.44. The number of benzene rings is 1. The van der Waals surface area contributed by atoms with Gasteiger partial charge in [0.1, 0.15) is 0 Å². The van der Waals surface area contributed by atoms with Crippen LogP contribution in [0.4, 0.5) is 13.2 Å². The van der Waals surface area contributed by atoms with Gasteiger partial charge in [-0.15, -0.1) is 16.8 Å². The van der Waals surface area contributed by atoms with E-state index in [-0.39, 0.29) is 6.54 Å². The molecule has 0 amide bonds. The first-order chi connectivity index (χ1) is 9.40. The van der Waals surface area contributed by atoms with Gasteiger partial charge in [-0.05, 0) is 41.8 Å². The Bertz CT molecular complexity index is 616. The Labute approximate surface area is 113 Å². The van der Waals surface area contributed by atoms with E-state index >= 15 is 0 Å². The van der Waals surface area contributed by atoms with Crippen LogP contribution in [0.1, 0.15) is 22.5 Å². The number of hydrogen-bond acceptors (Lipinski definition) is 3. The zero-order chi connectivity index (χ0) is 14.8. The molecule has 1 aromatic carbocycles. The van der Waals surface area contributed by atoms with Crippen molar-refractivity contribution >= 4 is 0 Å². The highest BCUT2D eigenvalue weighted by Crippen LogP contribution is 2.30. The van der Waals surface area contributed by atoms with Gasteiger partial charge in [0.15, 0.2) is 5.82 Å². The topological polar surface area (TPSA) is 43.6 Å². The molecule has 20 heavy (non-hydrogen) atoms. The molecule has 0 radical (unpaired) electrons. The predicted octanol–water partition coefficient (Wildman–Crippen LogP) is 2.78. The highest BCUT2D eigenvalue weighted by atomic mass is 19.4. The molecule has 1 aromatic heterocycles. The van der Waals surface area contributed by atoms with Gasteiger partial charge < -0.3 is 0 Å². The van der Waals surface area contributed by atoms with E-state index in [4.69, 9.17) is 0 Å². The number of allylic oxidation sites excluding steroid dienone is 1. The number of aromatic nitrogens is 4. The monoisotopic (exact) mass is 282 g/mol. The largest absolute Gasteiger partial charge is 0.416 e. The van der Waals surface area contributed by atoms with E-state index in [0.717, 1.165) is 17.7 Å². The maximum atomic E-state index is 12.8. The zero-order valence-corrected chi connectivity index (χ0v) is 10.9. The first-order valence-corrected chi connectivity index (χ1v) is 5.94. The Morgan fingerprint density at radius 2 is 2.05 bits per heavy atom. The lowest BCUT2D eigenvalue weighted by Crippen LogP contribution is -2.10. The molecule has 4 nitrogen and oxygen atoms in total. The fourth-order valence-corrected chi connectivity index (χ4v) is 1.85. The molecule has 0 unspecified atom stereocenters. The van der Waals surface area contributed by atoms with Crippen molar-refractivity contribution in [3.8, 4) is 0 Å². The van der Waals surface area contributed by atoms with Crippen molar-refractivity contribution in [2.45, 2.75) is 26.1 Å². The third-order valence-electron chi connectivity index (χ3n) is 2.76. The van der Waals surface area contributed by atoms with Gasteiger partial charge in [-0.25, -0.2) is 0 Å². The van der Waals surface area contributed by atoms with Crippen LogP contribution in [0.2, 0.25) is 0 Å². The third kappa shape index (κ3) is 3.23. The fourth-order valence-electron chi connectivity index (χ4n) is 1.85. The molecule has 0 atom stereocenters. The molecule has 2 rings (SSSR count). The maximum absolute atomic E-state index is 12.8. The van der Waals surface area contributed by atoms with Crippen LogP contribution >= 0.6 is 0 Å². The molecule has 0 aliphatic rings. The molecule has 2 aromatic rings. The Kier molecular flexibility index (Phi) is 3.87. The van der Waals surface area contributed by atoms with Crippen LogP contribution < -0.4 is 0 Å². The van der Waals surface area contributed by atoms with Gasteiger partial charge in [-0.2, -0.15) is 18.0 Å². The number of aryl methyl sites for hydroxylation is 1. The number of nitrogens with zero attached hydrogens (tertiary/aromatic N) is 4. The van der Waals surface area contributed by atoms with Crippen LogP contribution in [0.5, 0.6) is 0 Å². The summed E-state index contributed by atoms with van der Waals surface area (Å²) in [6, 6.07) is 3.66. The van der Waals surface area contributed by atoms with E-state index in [1.807, 2.05) is 0 Å². The Morgan fingerprint density at radius 3 is 2.60 bits per heavy atom. The van der Waals surface area contributed by atoms with Crippen LogP contribution in [0.15, 0.2) is 30.9 Å². The van der Waals surface area contributed by atoms with Crippen molar-refractivity contribution in [3.63, 3.8) is 0 Å². The lowest BCUT2D eigenvalue weighted by atomic mass is 10.0. The highest BCUT2D eigenvalue weighted by molar-refractivity contribution is 5.34. The molecule has 0 spiro atoms. The summed E-state index contributed by atoms with van der Waals surface area (Å²) < 4.78 is 38.3. The average Bonchev–Trinajstić information content (AvgIpc) is 2.76. The van der Waals surface area contributed by atoms with E-state index < -0.39 is 11.7 Å². The van der Waals surface area contributed by atoms with E-state index in [1.165, 1.54) is 10.9 Å². The van der Waals surface area contributed by atoms with Crippen LogP contribution in [0, 0.1) is 6.92 Å². The molecule has 0 fully saturated rings. The molecule has 0 saturated heterocycles. The molecular formula is C13H13F3N4. The predicted molar refractivity (Wildman–Crippen MR) is 67.0 cm³/mol. The van der Waals surface area contributed by atoms with Crippen LogP contribution in [-0.2, 0) is 19.1 Å². The van der Waals surface area contributed by atoms with Crippen LogP contribution in [0.3, 0.4) is 0 Å². The second-order valence-corrected chi connectivity index (χ2v) is 4.34. The smallest absolute Gasteiger partial charge is 0.166 e. The van der Waals surface area contributed by atoms with Crippen LogP contribution in [-0.4, -0.2) is 20.2 Å². The molecule has 7 heteroatoms. The Hall–Kier alpha value is -2.18. The van der Waals surface area contributed by atoms with Crippen molar-refractivity contribution < 1.29 is 13.2 Å². The Balaban J connectivity index is 2.38. The van der Waals surface area contributed by atoms with Gasteiger partial charge in [0.25, 0.3) is 0 Å². The minimum atomic E-state index is -4.37. The number of tetrazole rings is 1. The second-order valence-electron chi connectivity index (χ2n) is 4.34. The molecule has 0 aliphatic heterocycles. The summed E-state index contributed by atoms with van der Waals surface area (Å²) in [5.41, 5.74) is 0.595. The van der Waals surface area contributed by atoms with E-state index in [1.54, 1.807) is 13.0 Å². The van der Waals surface area contributed by atoms with E-state index in [2.05, 4.69) is 22.0 Å². The SMILES string of the molecule is C=CCc1ccc(C(F)(F)F)cc1Cn1nnc(C)n1. The standard InChI is InChI=1S/C13H13F3N4/c1-3-4-10-5-6-12(13(14,15)16)7-11(10)8-20-18-9(2)17-19-20/h3,5-7H,1,4,8H2,2H3. The fraction of sp³-hybridized carbons (Fsp3) is 0.308. The van der Waals surface area contributed by atoms with Gasteiger partial charge in [0.05, 0.1) is 12.1 Å². The van der Waals surface area contributed by atoms with Crippen LogP contribution in [0.25, 0.3) is 0 Å². The quantitative estimate of drug-likeness (QED) is 0.810. The van der Waals surface area contributed by atoms with Gasteiger partial charge in [0, 0.05) is 0 Å².